The van der Waals surface area contributed by atoms with E-state index in [1.54, 1.807) is 6.20 Å². The number of hydrogen-bond acceptors (Lipinski definition) is 7. The number of halogens is 2. The second kappa shape index (κ2) is 9.19. The van der Waals surface area contributed by atoms with Crippen LogP contribution in [0.15, 0.2) is 24.7 Å². The van der Waals surface area contributed by atoms with Crippen LogP contribution in [0, 0.1) is 5.41 Å². The maximum absolute atomic E-state index is 12.4. The predicted molar refractivity (Wildman–Crippen MR) is 107 cm³/mol. The first-order chi connectivity index (χ1) is 13.9. The number of nitrogens with one attached hydrogen (secondary N) is 2. The summed E-state index contributed by atoms with van der Waals surface area (Å²) in [6.45, 7) is 3.93. The third kappa shape index (κ3) is 4.83. The predicted octanol–water partition coefficient (Wildman–Crippen LogP) is 2.06. The van der Waals surface area contributed by atoms with Crippen molar-refractivity contribution in [3.63, 3.8) is 0 Å². The average molecular weight is 405 g/mol. The van der Waals surface area contributed by atoms with Gasteiger partial charge in [0.05, 0.1) is 23.3 Å². The van der Waals surface area contributed by atoms with Crippen molar-refractivity contribution in [3.05, 3.63) is 30.5 Å². The number of aromatic nitrogens is 4. The molecule has 3 heterocycles. The van der Waals surface area contributed by atoms with E-state index in [0.29, 0.717) is 23.6 Å². The summed E-state index contributed by atoms with van der Waals surface area (Å²) in [5.74, 6) is 1.14. The highest BCUT2D eigenvalue weighted by Crippen LogP contribution is 2.26. The molecule has 0 amide bonds. The van der Waals surface area contributed by atoms with Crippen molar-refractivity contribution in [1.82, 2.24) is 24.8 Å². The van der Waals surface area contributed by atoms with Crippen molar-refractivity contribution in [2.45, 2.75) is 31.9 Å². The van der Waals surface area contributed by atoms with Crippen LogP contribution in [0.5, 0.6) is 0 Å². The number of anilines is 1. The Morgan fingerprint density at radius 2 is 2.17 bits per heavy atom. The Labute approximate surface area is 167 Å². The van der Waals surface area contributed by atoms with Gasteiger partial charge in [-0.1, -0.05) is 0 Å². The summed E-state index contributed by atoms with van der Waals surface area (Å²) in [6, 6.07) is 2.26. The topological polar surface area (TPSA) is 105 Å². The highest BCUT2D eigenvalue weighted by atomic mass is 19.3. The van der Waals surface area contributed by atoms with Crippen molar-refractivity contribution in [2.24, 2.45) is 0 Å². The third-order valence-electron chi connectivity index (χ3n) is 5.21. The quantitative estimate of drug-likeness (QED) is 0.609. The second-order valence-corrected chi connectivity index (χ2v) is 7.03. The van der Waals surface area contributed by atoms with Gasteiger partial charge in [0, 0.05) is 37.8 Å². The van der Waals surface area contributed by atoms with Crippen LogP contribution in [0.2, 0.25) is 0 Å². The Morgan fingerprint density at radius 3 is 2.90 bits per heavy atom. The number of alkyl halides is 2. The van der Waals surface area contributed by atoms with Crippen LogP contribution in [0.25, 0.3) is 17.5 Å². The van der Waals surface area contributed by atoms with E-state index in [9.17, 15) is 13.9 Å². The largest absolute Gasteiger partial charge is 0.396 e. The highest BCUT2D eigenvalue weighted by molar-refractivity contribution is 5.97. The fourth-order valence-corrected chi connectivity index (χ4v) is 3.57. The standard InChI is InChI=1S/C19H25F2N7O/c1-12-16(5-8-29)27(2)6-7-28(12)18-9-14(24-11-25-18)15-10-23-17(26-15)4-3-13(22)19(20)21/h3-4,9-12,16,19,22,29H,5-8H2,1-2H3,(H,23,26)/b4-3-,22-13?. The molecule has 2 aromatic rings. The van der Waals surface area contributed by atoms with Gasteiger partial charge in [0.1, 0.15) is 18.0 Å². The SMILES string of the molecule is CC1C(CCO)N(C)CCN1c1cc(-c2cnc(/C=C\C(=N)C(F)F)[nH]2)ncn1. The summed E-state index contributed by atoms with van der Waals surface area (Å²) in [4.78, 5) is 20.3. The highest BCUT2D eigenvalue weighted by Gasteiger charge is 2.32. The molecule has 0 aromatic carbocycles. The number of aliphatic hydroxyl groups is 1. The van der Waals surface area contributed by atoms with Crippen LogP contribution < -0.4 is 4.90 Å². The Morgan fingerprint density at radius 1 is 1.38 bits per heavy atom. The van der Waals surface area contributed by atoms with Gasteiger partial charge >= 0.3 is 0 Å². The molecular weight excluding hydrogens is 380 g/mol. The molecule has 156 valence electrons. The maximum Gasteiger partial charge on any atom is 0.279 e. The number of aliphatic hydroxyl groups excluding tert-OH is 1. The molecule has 2 unspecified atom stereocenters. The number of aromatic amines is 1. The van der Waals surface area contributed by atoms with Gasteiger partial charge in [-0.15, -0.1) is 0 Å². The van der Waals surface area contributed by atoms with Crippen molar-refractivity contribution in [1.29, 1.82) is 5.41 Å². The van der Waals surface area contributed by atoms with Crippen molar-refractivity contribution in [3.8, 4) is 11.4 Å². The molecule has 1 aliphatic rings. The van der Waals surface area contributed by atoms with Gasteiger partial charge in [-0.2, -0.15) is 0 Å². The first-order valence-electron chi connectivity index (χ1n) is 9.40. The summed E-state index contributed by atoms with van der Waals surface area (Å²) in [6.07, 6.45) is 3.29. The molecule has 0 bridgehead atoms. The van der Waals surface area contributed by atoms with E-state index < -0.39 is 12.1 Å². The van der Waals surface area contributed by atoms with E-state index in [1.165, 1.54) is 12.4 Å². The maximum atomic E-state index is 12.4. The van der Waals surface area contributed by atoms with Crippen molar-refractivity contribution < 1.29 is 13.9 Å². The van der Waals surface area contributed by atoms with Gasteiger partial charge in [0.2, 0.25) is 0 Å². The fourth-order valence-electron chi connectivity index (χ4n) is 3.57. The number of H-pyrrole nitrogens is 1. The molecular formula is C19H25F2N7O. The minimum Gasteiger partial charge on any atom is -0.396 e. The minimum atomic E-state index is -2.81. The van der Waals surface area contributed by atoms with Gasteiger partial charge < -0.3 is 15.0 Å². The minimum absolute atomic E-state index is 0.135. The molecule has 0 radical (unpaired) electrons. The lowest BCUT2D eigenvalue weighted by molar-refractivity contribution is 0.142. The van der Waals surface area contributed by atoms with Crippen LogP contribution in [0.4, 0.5) is 14.6 Å². The van der Waals surface area contributed by atoms with E-state index in [0.717, 1.165) is 25.0 Å². The van der Waals surface area contributed by atoms with Gasteiger partial charge in [-0.3, -0.25) is 10.3 Å². The van der Waals surface area contributed by atoms with E-state index in [2.05, 4.69) is 43.7 Å². The normalized spacial score (nSPS) is 20.7. The van der Waals surface area contributed by atoms with E-state index in [4.69, 9.17) is 5.41 Å². The zero-order chi connectivity index (χ0) is 21.0. The number of likely N-dealkylation sites (N-methyl/N-ethyl adjacent to an activating group) is 1. The molecule has 3 N–H and O–H groups in total. The van der Waals surface area contributed by atoms with Crippen molar-refractivity contribution in [2.75, 3.05) is 31.6 Å². The molecule has 2 aromatic heterocycles. The van der Waals surface area contributed by atoms with Crippen LogP contribution in [-0.2, 0) is 0 Å². The zero-order valence-electron chi connectivity index (χ0n) is 16.4. The first-order valence-corrected chi connectivity index (χ1v) is 9.40. The summed E-state index contributed by atoms with van der Waals surface area (Å²) in [7, 11) is 2.06. The number of allylic oxidation sites excluding steroid dienone is 1. The molecule has 2 atom stereocenters. The first kappa shape index (κ1) is 21.0. The van der Waals surface area contributed by atoms with Crippen molar-refractivity contribution >= 4 is 17.6 Å². The number of rotatable bonds is 7. The molecule has 0 spiro atoms. The third-order valence-corrected chi connectivity index (χ3v) is 5.21. The summed E-state index contributed by atoms with van der Waals surface area (Å²) < 4.78 is 24.8. The molecule has 1 saturated heterocycles. The molecule has 3 rings (SSSR count). The monoisotopic (exact) mass is 405 g/mol. The van der Waals surface area contributed by atoms with Gasteiger partial charge in [-0.05, 0) is 32.5 Å². The van der Waals surface area contributed by atoms with Gasteiger partial charge in [0.25, 0.3) is 6.43 Å². The number of hydrogen-bond donors (Lipinski definition) is 3. The van der Waals surface area contributed by atoms with Crippen LogP contribution in [0.3, 0.4) is 0 Å². The molecule has 10 heteroatoms. The van der Waals surface area contributed by atoms with Gasteiger partial charge in [0.15, 0.2) is 0 Å². The zero-order valence-corrected chi connectivity index (χ0v) is 16.4. The number of piperazine rings is 1. The van der Waals surface area contributed by atoms with E-state index in [-0.39, 0.29) is 18.7 Å². The molecule has 29 heavy (non-hydrogen) atoms. The lowest BCUT2D eigenvalue weighted by atomic mass is 10.0. The Balaban J connectivity index is 1.79. The number of imidazole rings is 1. The Hall–Kier alpha value is -2.72. The summed E-state index contributed by atoms with van der Waals surface area (Å²) >= 11 is 0. The van der Waals surface area contributed by atoms with Crippen LogP contribution >= 0.6 is 0 Å². The van der Waals surface area contributed by atoms with Crippen LogP contribution in [0.1, 0.15) is 19.2 Å². The average Bonchev–Trinajstić information content (AvgIpc) is 3.18. The summed E-state index contributed by atoms with van der Waals surface area (Å²) in [5.41, 5.74) is 0.496. The molecule has 1 aliphatic heterocycles. The lowest BCUT2D eigenvalue weighted by Crippen LogP contribution is -2.57. The second-order valence-electron chi connectivity index (χ2n) is 7.03. The lowest BCUT2D eigenvalue weighted by Gasteiger charge is -2.45. The van der Waals surface area contributed by atoms with Crippen LogP contribution in [-0.4, -0.2) is 80.9 Å². The Kier molecular flexibility index (Phi) is 6.65. The molecule has 8 nitrogen and oxygen atoms in total. The number of nitrogens with zero attached hydrogens (tertiary/aromatic N) is 5. The van der Waals surface area contributed by atoms with Gasteiger partial charge in [-0.25, -0.2) is 23.7 Å². The molecule has 0 aliphatic carbocycles. The fraction of sp³-hybridized carbons (Fsp3) is 0.474. The summed E-state index contributed by atoms with van der Waals surface area (Å²) in [5, 5.41) is 16.5. The van der Waals surface area contributed by atoms with E-state index in [1.807, 2.05) is 6.07 Å². The Bertz CT molecular complexity index is 870. The molecule has 1 fully saturated rings. The van der Waals surface area contributed by atoms with E-state index >= 15 is 0 Å². The molecule has 0 saturated carbocycles. The smallest absolute Gasteiger partial charge is 0.279 e.